The van der Waals surface area contributed by atoms with Gasteiger partial charge in [0.25, 0.3) is 0 Å². The minimum Gasteiger partial charge on any atom is -0.289 e. The van der Waals surface area contributed by atoms with Crippen LogP contribution in [0.5, 0.6) is 0 Å². The normalized spacial score (nSPS) is 13.1. The van der Waals surface area contributed by atoms with Crippen LogP contribution in [-0.2, 0) is 10.8 Å². The topological polar surface area (TPSA) is 35.6 Å². The summed E-state index contributed by atoms with van der Waals surface area (Å²) in [6.07, 6.45) is 0. The Labute approximate surface area is 154 Å². The highest BCUT2D eigenvalue weighted by molar-refractivity contribution is 6.31. The van der Waals surface area contributed by atoms with E-state index >= 15 is 0 Å². The van der Waals surface area contributed by atoms with Crippen molar-refractivity contribution in [2.75, 3.05) is 0 Å². The molecule has 1 radical (unpaired) electrons. The molecule has 0 atom stereocenters. The first-order valence-electron chi connectivity index (χ1n) is 9.35. The SMILES string of the molecule is CC(C)c1cc(C(C)(C)C)nn1[B]n1nc(C(C)(C)C)cc1C(C)C. The van der Waals surface area contributed by atoms with Gasteiger partial charge >= 0.3 is 7.55 Å². The fraction of sp³-hybridized carbons (Fsp3) is 0.700. The van der Waals surface area contributed by atoms with Crippen LogP contribution in [0.4, 0.5) is 0 Å². The van der Waals surface area contributed by atoms with Crippen LogP contribution >= 0.6 is 0 Å². The van der Waals surface area contributed by atoms with Gasteiger partial charge in [0.2, 0.25) is 0 Å². The molecule has 0 saturated carbocycles. The molecule has 0 N–H and O–H groups in total. The Morgan fingerprint density at radius 2 is 1.04 bits per heavy atom. The third kappa shape index (κ3) is 4.37. The quantitative estimate of drug-likeness (QED) is 0.745. The highest BCUT2D eigenvalue weighted by Gasteiger charge is 2.25. The molecule has 25 heavy (non-hydrogen) atoms. The summed E-state index contributed by atoms with van der Waals surface area (Å²) in [5, 5.41) is 9.74. The van der Waals surface area contributed by atoms with E-state index in [-0.39, 0.29) is 10.8 Å². The minimum atomic E-state index is 0.0320. The maximum atomic E-state index is 4.87. The van der Waals surface area contributed by atoms with Crippen molar-refractivity contribution in [1.82, 2.24) is 19.4 Å². The molecule has 2 aromatic rings. The van der Waals surface area contributed by atoms with E-state index in [4.69, 9.17) is 10.2 Å². The molecule has 4 nitrogen and oxygen atoms in total. The van der Waals surface area contributed by atoms with Crippen LogP contribution in [0.15, 0.2) is 12.1 Å². The zero-order chi connectivity index (χ0) is 19.2. The van der Waals surface area contributed by atoms with Crippen molar-refractivity contribution >= 4 is 7.55 Å². The van der Waals surface area contributed by atoms with E-state index in [2.05, 4.69) is 81.4 Å². The van der Waals surface area contributed by atoms with Crippen LogP contribution in [0.25, 0.3) is 0 Å². The van der Waals surface area contributed by atoms with Crippen LogP contribution in [0.2, 0.25) is 0 Å². The molecule has 0 amide bonds. The monoisotopic (exact) mass is 341 g/mol. The molecule has 0 saturated heterocycles. The Bertz CT molecular complexity index is 662. The lowest BCUT2D eigenvalue weighted by Gasteiger charge is -2.15. The summed E-state index contributed by atoms with van der Waals surface area (Å²) in [7, 11) is 2.04. The molecule has 0 fully saturated rings. The zero-order valence-corrected chi connectivity index (χ0v) is 17.7. The lowest BCUT2D eigenvalue weighted by molar-refractivity contribution is 0.558. The van der Waals surface area contributed by atoms with Gasteiger partial charge in [-0.25, -0.2) is 0 Å². The fourth-order valence-electron chi connectivity index (χ4n) is 2.70. The van der Waals surface area contributed by atoms with Crippen LogP contribution < -0.4 is 0 Å². The molecule has 0 bridgehead atoms. The molecule has 137 valence electrons. The smallest absolute Gasteiger partial charge is 0.289 e. The molecule has 2 rings (SSSR count). The van der Waals surface area contributed by atoms with Crippen molar-refractivity contribution in [3.63, 3.8) is 0 Å². The standard InChI is InChI=1S/C20H34BN4/c1-13(2)15-11-17(19(5,6)7)22-24(15)21-25-16(14(3)4)12-18(23-25)20(8,9)10/h11-14H,1-10H3. The van der Waals surface area contributed by atoms with Crippen LogP contribution in [0.1, 0.15) is 104 Å². The van der Waals surface area contributed by atoms with Crippen LogP contribution in [0.3, 0.4) is 0 Å². The fourth-order valence-corrected chi connectivity index (χ4v) is 2.70. The van der Waals surface area contributed by atoms with Crippen molar-refractivity contribution in [3.05, 3.63) is 34.9 Å². The molecule has 0 aliphatic carbocycles. The second kappa shape index (κ2) is 6.66. The third-order valence-corrected chi connectivity index (χ3v) is 4.47. The van der Waals surface area contributed by atoms with E-state index in [0.717, 1.165) is 11.4 Å². The van der Waals surface area contributed by atoms with Crippen molar-refractivity contribution in [1.29, 1.82) is 0 Å². The average Bonchev–Trinajstić information content (AvgIpc) is 3.01. The Balaban J connectivity index is 2.49. The van der Waals surface area contributed by atoms with E-state index in [1.807, 2.05) is 16.7 Å². The van der Waals surface area contributed by atoms with Gasteiger partial charge in [-0.2, -0.15) is 10.2 Å². The number of nitrogens with zero attached hydrogens (tertiary/aromatic N) is 4. The number of hydrogen-bond donors (Lipinski definition) is 0. The Morgan fingerprint density at radius 3 is 1.28 bits per heavy atom. The van der Waals surface area contributed by atoms with E-state index in [1.54, 1.807) is 0 Å². The first-order chi connectivity index (χ1) is 11.3. The largest absolute Gasteiger partial charge is 0.437 e. The molecule has 5 heteroatoms. The highest BCUT2D eigenvalue weighted by atomic mass is 15.3. The van der Waals surface area contributed by atoms with Crippen molar-refractivity contribution < 1.29 is 0 Å². The zero-order valence-electron chi connectivity index (χ0n) is 17.7. The summed E-state index contributed by atoms with van der Waals surface area (Å²) in [6, 6.07) is 4.45. The first kappa shape index (κ1) is 19.8. The number of aromatic nitrogens is 4. The molecule has 2 aromatic heterocycles. The van der Waals surface area contributed by atoms with E-state index < -0.39 is 0 Å². The lowest BCUT2D eigenvalue weighted by atomic mass is 9.91. The van der Waals surface area contributed by atoms with Gasteiger partial charge < -0.3 is 0 Å². The van der Waals surface area contributed by atoms with E-state index in [0.29, 0.717) is 11.8 Å². The molecule has 0 unspecified atom stereocenters. The first-order valence-corrected chi connectivity index (χ1v) is 9.35. The summed E-state index contributed by atoms with van der Waals surface area (Å²) in [6.45, 7) is 22.1. The molecule has 0 aliphatic rings. The maximum Gasteiger partial charge on any atom is 0.437 e. The van der Waals surface area contributed by atoms with Gasteiger partial charge in [0.15, 0.2) is 0 Å². The summed E-state index contributed by atoms with van der Waals surface area (Å²) in [5.74, 6) is 0.806. The second-order valence-corrected chi connectivity index (χ2v) is 9.72. The van der Waals surface area contributed by atoms with Gasteiger partial charge in [0, 0.05) is 22.2 Å². The molecule has 2 heterocycles. The molecule has 0 aromatic carbocycles. The van der Waals surface area contributed by atoms with Gasteiger partial charge in [-0.15, -0.1) is 0 Å². The minimum absolute atomic E-state index is 0.0320. The third-order valence-electron chi connectivity index (χ3n) is 4.47. The number of hydrogen-bond acceptors (Lipinski definition) is 2. The molecular formula is C20H34BN4. The summed E-state index contributed by atoms with van der Waals surface area (Å²) in [4.78, 5) is 0. The highest BCUT2D eigenvalue weighted by Crippen LogP contribution is 2.27. The number of rotatable bonds is 4. The molecule has 0 spiro atoms. The Morgan fingerprint density at radius 1 is 0.720 bits per heavy atom. The van der Waals surface area contributed by atoms with Crippen molar-refractivity contribution in [2.24, 2.45) is 0 Å². The molecule has 0 aliphatic heterocycles. The predicted molar refractivity (Wildman–Crippen MR) is 107 cm³/mol. The van der Waals surface area contributed by atoms with Gasteiger partial charge in [0.1, 0.15) is 0 Å². The van der Waals surface area contributed by atoms with Crippen molar-refractivity contribution in [2.45, 2.75) is 91.9 Å². The maximum absolute atomic E-state index is 4.87. The Kier molecular flexibility index (Phi) is 5.27. The van der Waals surface area contributed by atoms with Crippen LogP contribution in [-0.4, -0.2) is 26.9 Å². The van der Waals surface area contributed by atoms with Gasteiger partial charge in [-0.05, 0) is 24.0 Å². The van der Waals surface area contributed by atoms with Gasteiger partial charge in [-0.1, -0.05) is 69.2 Å². The Hall–Kier alpha value is -1.52. The summed E-state index contributed by atoms with van der Waals surface area (Å²) < 4.78 is 4.02. The van der Waals surface area contributed by atoms with Gasteiger partial charge in [0.05, 0.1) is 11.4 Å². The average molecular weight is 341 g/mol. The predicted octanol–water partition coefficient (Wildman–Crippen LogP) is 4.85. The van der Waals surface area contributed by atoms with E-state index in [9.17, 15) is 0 Å². The lowest BCUT2D eigenvalue weighted by Crippen LogP contribution is -2.25. The molecular weight excluding hydrogens is 307 g/mol. The van der Waals surface area contributed by atoms with Crippen LogP contribution in [0, 0.1) is 0 Å². The summed E-state index contributed by atoms with van der Waals surface area (Å²) in [5.41, 5.74) is 4.72. The second-order valence-electron chi connectivity index (χ2n) is 9.72. The van der Waals surface area contributed by atoms with Gasteiger partial charge in [-0.3, -0.25) is 9.19 Å². The summed E-state index contributed by atoms with van der Waals surface area (Å²) >= 11 is 0. The van der Waals surface area contributed by atoms with E-state index in [1.165, 1.54) is 11.4 Å². The van der Waals surface area contributed by atoms with Crippen molar-refractivity contribution in [3.8, 4) is 0 Å².